The van der Waals surface area contributed by atoms with Gasteiger partial charge < -0.3 is 5.32 Å². The van der Waals surface area contributed by atoms with E-state index in [-0.39, 0.29) is 11.2 Å². The van der Waals surface area contributed by atoms with Crippen LogP contribution in [0.2, 0.25) is 5.02 Å². The van der Waals surface area contributed by atoms with Gasteiger partial charge in [-0.3, -0.25) is 0 Å². The Morgan fingerprint density at radius 1 is 1.37 bits per heavy atom. The Morgan fingerprint density at radius 2 is 2.11 bits per heavy atom. The molecular weight excluding hydrogens is 261 g/mol. The number of hydrogen-bond acceptors (Lipinski definition) is 1. The topological polar surface area (TPSA) is 12.0 Å². The molecule has 1 aliphatic carbocycles. The fourth-order valence-corrected chi connectivity index (χ4v) is 3.77. The predicted molar refractivity (Wildman–Crippen MR) is 79.3 cm³/mol. The van der Waals surface area contributed by atoms with Crippen molar-refractivity contribution in [3.05, 3.63) is 34.6 Å². The summed E-state index contributed by atoms with van der Waals surface area (Å²) in [5.41, 5.74) is 1.23. The van der Waals surface area contributed by atoms with Gasteiger partial charge in [-0.15, -0.1) is 0 Å². The van der Waals surface area contributed by atoms with E-state index in [9.17, 15) is 4.39 Å². The molecule has 0 atom stereocenters. The summed E-state index contributed by atoms with van der Waals surface area (Å²) in [6.45, 7) is 6.24. The quantitative estimate of drug-likeness (QED) is 0.808. The molecule has 0 unspecified atom stereocenters. The average Bonchev–Trinajstić information content (AvgIpc) is 2.33. The monoisotopic (exact) mass is 283 g/mol. The zero-order valence-corrected chi connectivity index (χ0v) is 12.6. The summed E-state index contributed by atoms with van der Waals surface area (Å²) < 4.78 is 13.2. The van der Waals surface area contributed by atoms with Crippen LogP contribution in [-0.2, 0) is 5.41 Å². The molecule has 1 N–H and O–H groups in total. The molecule has 0 aliphatic heterocycles. The first-order valence-corrected chi connectivity index (χ1v) is 7.65. The third kappa shape index (κ3) is 3.11. The van der Waals surface area contributed by atoms with Crippen LogP contribution in [-0.4, -0.2) is 13.1 Å². The van der Waals surface area contributed by atoms with Gasteiger partial charge >= 0.3 is 0 Å². The fourth-order valence-electron chi connectivity index (χ4n) is 3.40. The molecule has 19 heavy (non-hydrogen) atoms. The Kier molecular flexibility index (Phi) is 4.86. The molecule has 1 nitrogen and oxygen atoms in total. The molecule has 2 rings (SSSR count). The van der Waals surface area contributed by atoms with Crippen molar-refractivity contribution in [1.82, 2.24) is 5.32 Å². The molecule has 0 amide bonds. The Balaban J connectivity index is 2.19. The van der Waals surface area contributed by atoms with Crippen LogP contribution in [0.4, 0.5) is 4.39 Å². The van der Waals surface area contributed by atoms with Crippen LogP contribution in [0.15, 0.2) is 18.2 Å². The van der Waals surface area contributed by atoms with Crippen LogP contribution in [0.25, 0.3) is 0 Å². The van der Waals surface area contributed by atoms with Gasteiger partial charge in [0, 0.05) is 17.0 Å². The molecule has 0 aromatic heterocycles. The Bertz CT molecular complexity index is 427. The highest BCUT2D eigenvalue weighted by atomic mass is 35.5. The average molecular weight is 284 g/mol. The summed E-state index contributed by atoms with van der Waals surface area (Å²) >= 11 is 6.26. The van der Waals surface area contributed by atoms with E-state index >= 15 is 0 Å². The van der Waals surface area contributed by atoms with E-state index in [2.05, 4.69) is 19.2 Å². The molecule has 0 saturated heterocycles. The third-order valence-electron chi connectivity index (χ3n) is 4.27. The maximum atomic E-state index is 13.2. The number of hydrogen-bond donors (Lipinski definition) is 1. The number of likely N-dealkylation sites (N-methyl/N-ethyl adjacent to an activating group) is 1. The van der Waals surface area contributed by atoms with Crippen LogP contribution >= 0.6 is 11.6 Å². The van der Waals surface area contributed by atoms with E-state index in [4.69, 9.17) is 11.6 Å². The predicted octanol–water partition coefficient (Wildman–Crippen LogP) is 4.54. The highest BCUT2D eigenvalue weighted by Crippen LogP contribution is 2.51. The van der Waals surface area contributed by atoms with Crippen molar-refractivity contribution in [2.45, 2.75) is 44.9 Å². The molecule has 106 valence electrons. The molecule has 1 fully saturated rings. The molecule has 1 aromatic carbocycles. The van der Waals surface area contributed by atoms with Gasteiger partial charge in [-0.1, -0.05) is 44.4 Å². The Hall–Kier alpha value is -0.600. The smallest absolute Gasteiger partial charge is 0.124 e. The van der Waals surface area contributed by atoms with Crippen LogP contribution in [0.5, 0.6) is 0 Å². The molecule has 3 heteroatoms. The van der Waals surface area contributed by atoms with Crippen molar-refractivity contribution in [1.29, 1.82) is 0 Å². The van der Waals surface area contributed by atoms with Crippen molar-refractivity contribution < 1.29 is 4.39 Å². The fraction of sp³-hybridized carbons (Fsp3) is 0.625. The second kappa shape index (κ2) is 6.23. The van der Waals surface area contributed by atoms with Gasteiger partial charge in [-0.25, -0.2) is 4.39 Å². The van der Waals surface area contributed by atoms with E-state index in [1.165, 1.54) is 37.8 Å². The zero-order chi connectivity index (χ0) is 13.9. The van der Waals surface area contributed by atoms with Gasteiger partial charge in [0.15, 0.2) is 0 Å². The lowest BCUT2D eigenvalue weighted by atomic mass is 9.57. The molecule has 1 aliphatic rings. The maximum Gasteiger partial charge on any atom is 0.124 e. The van der Waals surface area contributed by atoms with Crippen molar-refractivity contribution in [3.8, 4) is 0 Å². The van der Waals surface area contributed by atoms with E-state index in [1.54, 1.807) is 0 Å². The van der Waals surface area contributed by atoms with Gasteiger partial charge in [0.2, 0.25) is 0 Å². The van der Waals surface area contributed by atoms with E-state index < -0.39 is 0 Å². The molecule has 1 saturated carbocycles. The summed E-state index contributed by atoms with van der Waals surface area (Å²) in [6.07, 6.45) is 4.85. The van der Waals surface area contributed by atoms with Gasteiger partial charge in [0.05, 0.1) is 0 Å². The minimum absolute atomic E-state index is 0.112. The number of nitrogens with one attached hydrogen (secondary N) is 1. The van der Waals surface area contributed by atoms with Crippen molar-refractivity contribution in [2.24, 2.45) is 5.92 Å². The van der Waals surface area contributed by atoms with Crippen LogP contribution in [0, 0.1) is 11.7 Å². The highest BCUT2D eigenvalue weighted by Gasteiger charge is 2.45. The summed E-state index contributed by atoms with van der Waals surface area (Å²) in [6, 6.07) is 4.84. The summed E-state index contributed by atoms with van der Waals surface area (Å²) in [7, 11) is 0. The second-order valence-corrected chi connectivity index (χ2v) is 6.15. The Labute approximate surface area is 120 Å². The molecule has 0 spiro atoms. The number of halogens is 2. The molecule has 1 aromatic rings. The van der Waals surface area contributed by atoms with E-state index in [0.29, 0.717) is 5.02 Å². The zero-order valence-electron chi connectivity index (χ0n) is 11.8. The minimum atomic E-state index is -0.253. The van der Waals surface area contributed by atoms with E-state index in [0.717, 1.165) is 24.6 Å². The summed E-state index contributed by atoms with van der Waals surface area (Å²) in [5.74, 6) is 0.543. The SMILES string of the molecule is CCCC1CC(CNCC)(c2ccc(F)cc2Cl)C1. The Morgan fingerprint density at radius 3 is 2.68 bits per heavy atom. The molecule has 0 radical (unpaired) electrons. The lowest BCUT2D eigenvalue weighted by Gasteiger charge is -2.49. The maximum absolute atomic E-state index is 13.2. The number of rotatable bonds is 6. The lowest BCUT2D eigenvalue weighted by molar-refractivity contribution is 0.129. The van der Waals surface area contributed by atoms with Crippen molar-refractivity contribution in [3.63, 3.8) is 0 Å². The van der Waals surface area contributed by atoms with Crippen LogP contribution < -0.4 is 5.32 Å². The first-order valence-electron chi connectivity index (χ1n) is 7.27. The van der Waals surface area contributed by atoms with Gasteiger partial charge in [-0.2, -0.15) is 0 Å². The lowest BCUT2D eigenvalue weighted by Crippen LogP contribution is -2.48. The molecule has 0 heterocycles. The first-order chi connectivity index (χ1) is 9.11. The standard InChI is InChI=1S/C16H23ClFN/c1-3-5-12-9-16(10-12,11-19-4-2)14-7-6-13(18)8-15(14)17/h6-8,12,19H,3-5,9-11H2,1-2H3. The highest BCUT2D eigenvalue weighted by molar-refractivity contribution is 6.31. The molecule has 0 bridgehead atoms. The van der Waals surface area contributed by atoms with Gasteiger partial charge in [0.25, 0.3) is 0 Å². The normalized spacial score (nSPS) is 26.2. The largest absolute Gasteiger partial charge is 0.316 e. The number of benzene rings is 1. The molecular formula is C16H23ClFN. The first kappa shape index (κ1) is 14.8. The van der Waals surface area contributed by atoms with Crippen molar-refractivity contribution in [2.75, 3.05) is 13.1 Å². The van der Waals surface area contributed by atoms with Crippen LogP contribution in [0.1, 0.15) is 45.1 Å². The van der Waals surface area contributed by atoms with E-state index in [1.807, 2.05) is 6.07 Å². The minimum Gasteiger partial charge on any atom is -0.316 e. The summed E-state index contributed by atoms with van der Waals surface area (Å²) in [5, 5.41) is 4.02. The van der Waals surface area contributed by atoms with Gasteiger partial charge in [0.1, 0.15) is 5.82 Å². The van der Waals surface area contributed by atoms with Crippen LogP contribution in [0.3, 0.4) is 0 Å². The van der Waals surface area contributed by atoms with Gasteiger partial charge in [-0.05, 0) is 43.0 Å². The summed E-state index contributed by atoms with van der Waals surface area (Å²) in [4.78, 5) is 0. The third-order valence-corrected chi connectivity index (χ3v) is 4.58. The van der Waals surface area contributed by atoms with Crippen molar-refractivity contribution >= 4 is 11.6 Å². The second-order valence-electron chi connectivity index (χ2n) is 5.75.